The summed E-state index contributed by atoms with van der Waals surface area (Å²) in [5.74, 6) is -1.85. The number of ether oxygens (including phenoxy) is 2. The second kappa shape index (κ2) is 9.18. The number of hydrogen-bond acceptors (Lipinski definition) is 5. The van der Waals surface area contributed by atoms with Gasteiger partial charge in [-0.05, 0) is 18.2 Å². The lowest BCUT2D eigenvalue weighted by Crippen LogP contribution is -2.31. The highest BCUT2D eigenvalue weighted by Gasteiger charge is 2.36. The number of anilines is 1. The van der Waals surface area contributed by atoms with Crippen molar-refractivity contribution in [2.75, 3.05) is 25.2 Å². The number of nitrogens with one attached hydrogen (secondary N) is 1. The molecule has 0 aliphatic carbocycles. The third-order valence-corrected chi connectivity index (χ3v) is 4.60. The molecule has 2 aromatic rings. The molecule has 0 bridgehead atoms. The lowest BCUT2D eigenvalue weighted by atomic mass is 10.1. The lowest BCUT2D eigenvalue weighted by Gasteiger charge is -2.17. The highest BCUT2D eigenvalue weighted by molar-refractivity contribution is 5.99. The third-order valence-electron chi connectivity index (χ3n) is 4.60. The fraction of sp³-hybridized carbons (Fsp3) is 0.286. The summed E-state index contributed by atoms with van der Waals surface area (Å²) in [6, 6.07) is 13.1. The van der Waals surface area contributed by atoms with Crippen LogP contribution in [0, 0.1) is 11.7 Å². The summed E-state index contributed by atoms with van der Waals surface area (Å²) in [4.78, 5) is 37.9. The van der Waals surface area contributed by atoms with E-state index in [0.717, 1.165) is 0 Å². The SMILES string of the molecule is COc1cccc(N2CC(C(=O)OCC(=O)NCc3ccccc3F)CC2=O)c1. The maximum absolute atomic E-state index is 13.5. The summed E-state index contributed by atoms with van der Waals surface area (Å²) < 4.78 is 23.7. The molecule has 8 heteroatoms. The Morgan fingerprint density at radius 2 is 2.00 bits per heavy atom. The Bertz CT molecular complexity index is 917. The van der Waals surface area contributed by atoms with Gasteiger partial charge in [-0.25, -0.2) is 4.39 Å². The molecule has 152 valence electrons. The Balaban J connectivity index is 1.49. The van der Waals surface area contributed by atoms with Crippen LogP contribution in [0.5, 0.6) is 5.75 Å². The van der Waals surface area contributed by atoms with Crippen LogP contribution in [0.1, 0.15) is 12.0 Å². The van der Waals surface area contributed by atoms with Crippen molar-refractivity contribution < 1.29 is 28.2 Å². The van der Waals surface area contributed by atoms with Gasteiger partial charge >= 0.3 is 5.97 Å². The molecule has 2 amide bonds. The second-order valence-electron chi connectivity index (χ2n) is 6.58. The van der Waals surface area contributed by atoms with E-state index in [1.165, 1.54) is 18.1 Å². The van der Waals surface area contributed by atoms with E-state index in [2.05, 4.69) is 5.32 Å². The predicted octanol–water partition coefficient (Wildman–Crippen LogP) is 2.05. The number of carbonyl (C=O) groups is 3. The van der Waals surface area contributed by atoms with Crippen LogP contribution in [-0.2, 0) is 25.7 Å². The number of methoxy groups -OCH3 is 1. The minimum absolute atomic E-state index is 0.00537. The normalized spacial score (nSPS) is 15.9. The Kier molecular flexibility index (Phi) is 6.43. The molecule has 1 unspecified atom stereocenters. The molecular weight excluding hydrogens is 379 g/mol. The van der Waals surface area contributed by atoms with Gasteiger partial charge in [-0.2, -0.15) is 0 Å². The average Bonchev–Trinajstić information content (AvgIpc) is 3.13. The van der Waals surface area contributed by atoms with E-state index in [1.807, 2.05) is 0 Å². The average molecular weight is 400 g/mol. The van der Waals surface area contributed by atoms with Crippen LogP contribution >= 0.6 is 0 Å². The molecule has 7 nitrogen and oxygen atoms in total. The van der Waals surface area contributed by atoms with Crippen LogP contribution in [0.25, 0.3) is 0 Å². The van der Waals surface area contributed by atoms with Crippen molar-refractivity contribution in [3.05, 3.63) is 59.9 Å². The minimum Gasteiger partial charge on any atom is -0.497 e. The van der Waals surface area contributed by atoms with Crippen LogP contribution in [-0.4, -0.2) is 38.0 Å². The molecule has 0 spiro atoms. The van der Waals surface area contributed by atoms with E-state index in [9.17, 15) is 18.8 Å². The van der Waals surface area contributed by atoms with Gasteiger partial charge in [-0.1, -0.05) is 24.3 Å². The van der Waals surface area contributed by atoms with Gasteiger partial charge in [0.25, 0.3) is 5.91 Å². The van der Waals surface area contributed by atoms with E-state index in [-0.39, 0.29) is 25.4 Å². The number of amides is 2. The van der Waals surface area contributed by atoms with Crippen molar-refractivity contribution in [3.63, 3.8) is 0 Å². The molecule has 1 saturated heterocycles. The number of halogens is 1. The van der Waals surface area contributed by atoms with E-state index < -0.39 is 30.2 Å². The van der Waals surface area contributed by atoms with Gasteiger partial charge in [0, 0.05) is 36.8 Å². The Morgan fingerprint density at radius 1 is 1.21 bits per heavy atom. The summed E-state index contributed by atoms with van der Waals surface area (Å²) in [6.07, 6.45) is 0.00683. The molecule has 3 rings (SSSR count). The van der Waals surface area contributed by atoms with Crippen LogP contribution in [0.3, 0.4) is 0 Å². The third kappa shape index (κ3) is 5.10. The van der Waals surface area contributed by atoms with Crippen molar-refractivity contribution in [2.24, 2.45) is 5.92 Å². The Morgan fingerprint density at radius 3 is 2.76 bits per heavy atom. The molecule has 0 aromatic heterocycles. The topological polar surface area (TPSA) is 84.9 Å². The molecule has 0 radical (unpaired) electrons. The first kappa shape index (κ1) is 20.3. The first-order valence-corrected chi connectivity index (χ1v) is 9.09. The van der Waals surface area contributed by atoms with Crippen LogP contribution in [0.15, 0.2) is 48.5 Å². The summed E-state index contributed by atoms with van der Waals surface area (Å²) in [7, 11) is 1.53. The number of rotatable bonds is 7. The second-order valence-corrected chi connectivity index (χ2v) is 6.58. The van der Waals surface area contributed by atoms with Crippen LogP contribution in [0.2, 0.25) is 0 Å². The highest BCUT2D eigenvalue weighted by Crippen LogP contribution is 2.28. The van der Waals surface area contributed by atoms with Gasteiger partial charge < -0.3 is 19.7 Å². The maximum Gasteiger partial charge on any atom is 0.311 e. The fourth-order valence-electron chi connectivity index (χ4n) is 3.03. The molecule has 2 aromatic carbocycles. The molecule has 1 aliphatic rings. The fourth-order valence-corrected chi connectivity index (χ4v) is 3.03. The molecular formula is C21H21FN2O5. The predicted molar refractivity (Wildman–Crippen MR) is 103 cm³/mol. The quantitative estimate of drug-likeness (QED) is 0.719. The minimum atomic E-state index is -0.659. The molecule has 1 aliphatic heterocycles. The smallest absolute Gasteiger partial charge is 0.311 e. The summed E-state index contributed by atoms with van der Waals surface area (Å²) in [5.41, 5.74) is 0.967. The van der Waals surface area contributed by atoms with Crippen molar-refractivity contribution >= 4 is 23.5 Å². The van der Waals surface area contributed by atoms with E-state index in [0.29, 0.717) is 17.0 Å². The Labute approximate surface area is 167 Å². The highest BCUT2D eigenvalue weighted by atomic mass is 19.1. The zero-order chi connectivity index (χ0) is 20.8. The number of hydrogen-bond donors (Lipinski definition) is 1. The molecule has 1 N–H and O–H groups in total. The largest absolute Gasteiger partial charge is 0.497 e. The number of esters is 1. The van der Waals surface area contributed by atoms with Crippen LogP contribution in [0.4, 0.5) is 10.1 Å². The number of nitrogens with zero attached hydrogens (tertiary/aromatic N) is 1. The van der Waals surface area contributed by atoms with Crippen molar-refractivity contribution in [1.82, 2.24) is 5.32 Å². The Hall–Kier alpha value is -3.42. The van der Waals surface area contributed by atoms with E-state index in [4.69, 9.17) is 9.47 Å². The van der Waals surface area contributed by atoms with E-state index in [1.54, 1.807) is 42.5 Å². The zero-order valence-corrected chi connectivity index (χ0v) is 15.9. The van der Waals surface area contributed by atoms with Crippen LogP contribution < -0.4 is 15.0 Å². The summed E-state index contributed by atoms with van der Waals surface area (Å²) in [6.45, 7) is -0.326. The lowest BCUT2D eigenvalue weighted by molar-refractivity contribution is -0.152. The molecule has 1 fully saturated rings. The van der Waals surface area contributed by atoms with Gasteiger partial charge in [-0.15, -0.1) is 0 Å². The maximum atomic E-state index is 13.5. The molecule has 0 saturated carbocycles. The van der Waals surface area contributed by atoms with Crippen molar-refractivity contribution in [3.8, 4) is 5.75 Å². The van der Waals surface area contributed by atoms with Gasteiger partial charge in [-0.3, -0.25) is 14.4 Å². The van der Waals surface area contributed by atoms with Gasteiger partial charge in [0.15, 0.2) is 6.61 Å². The van der Waals surface area contributed by atoms with Gasteiger partial charge in [0.1, 0.15) is 11.6 Å². The summed E-state index contributed by atoms with van der Waals surface area (Å²) in [5, 5.41) is 2.49. The van der Waals surface area contributed by atoms with Gasteiger partial charge in [0.05, 0.1) is 13.0 Å². The standard InChI is InChI=1S/C21H21FN2O5/c1-28-17-7-4-6-16(10-17)24-12-15(9-20(24)26)21(27)29-13-19(25)23-11-14-5-2-3-8-18(14)22/h2-8,10,15H,9,11-13H2,1H3,(H,23,25). The van der Waals surface area contributed by atoms with Crippen molar-refractivity contribution in [1.29, 1.82) is 0 Å². The molecule has 1 heterocycles. The summed E-state index contributed by atoms with van der Waals surface area (Å²) >= 11 is 0. The van der Waals surface area contributed by atoms with Gasteiger partial charge in [0.2, 0.25) is 5.91 Å². The van der Waals surface area contributed by atoms with E-state index >= 15 is 0 Å². The van der Waals surface area contributed by atoms with Crippen molar-refractivity contribution in [2.45, 2.75) is 13.0 Å². The molecule has 29 heavy (non-hydrogen) atoms. The zero-order valence-electron chi connectivity index (χ0n) is 15.9. The first-order chi connectivity index (χ1) is 14.0. The monoisotopic (exact) mass is 400 g/mol. The number of carbonyl (C=O) groups excluding carboxylic acids is 3. The number of benzene rings is 2. The molecule has 1 atom stereocenters. The first-order valence-electron chi connectivity index (χ1n) is 9.09.